The molecule has 3 unspecified atom stereocenters. The van der Waals surface area contributed by atoms with Crippen molar-refractivity contribution in [3.8, 4) is 0 Å². The van der Waals surface area contributed by atoms with Crippen LogP contribution >= 0.6 is 0 Å². The molecule has 5 nitrogen and oxygen atoms in total. The van der Waals surface area contributed by atoms with E-state index in [1.54, 1.807) is 12.3 Å². The lowest BCUT2D eigenvalue weighted by atomic mass is 9.54. The van der Waals surface area contributed by atoms with Gasteiger partial charge in [0.15, 0.2) is 0 Å². The summed E-state index contributed by atoms with van der Waals surface area (Å²) in [4.78, 5) is 28.2. The molecule has 2 aromatic rings. The van der Waals surface area contributed by atoms with Crippen LogP contribution in [0.3, 0.4) is 0 Å². The van der Waals surface area contributed by atoms with Gasteiger partial charge in [0.25, 0.3) is 5.91 Å². The summed E-state index contributed by atoms with van der Waals surface area (Å²) in [6.07, 6.45) is 11.8. The lowest BCUT2D eigenvalue weighted by molar-refractivity contribution is -0.143. The molecule has 1 amide bonds. The number of nitrogens with zero attached hydrogens (tertiary/aromatic N) is 1. The Balaban J connectivity index is 1.19. The zero-order valence-electron chi connectivity index (χ0n) is 20.0. The first-order valence-corrected chi connectivity index (χ1v) is 12.8. The third-order valence-corrected chi connectivity index (χ3v) is 9.48. The number of carbonyl (C=O) groups is 2. The SMILES string of the molecule is C[C@]12CCC3c4ccc(C(=O)NCC5(C(=O)O)CC5)cc4CCC3C1CC=C2c1cncc(F)c1. The van der Waals surface area contributed by atoms with Gasteiger partial charge in [-0.3, -0.25) is 14.6 Å². The first kappa shape index (κ1) is 22.4. The predicted molar refractivity (Wildman–Crippen MR) is 130 cm³/mol. The number of aromatic nitrogens is 1. The molecule has 1 aromatic carbocycles. The molecule has 4 aliphatic carbocycles. The Hall–Kier alpha value is -3.02. The van der Waals surface area contributed by atoms with Crippen molar-refractivity contribution in [1.82, 2.24) is 10.3 Å². The number of hydrogen-bond donors (Lipinski definition) is 2. The van der Waals surface area contributed by atoms with E-state index in [2.05, 4.69) is 29.4 Å². The Morgan fingerprint density at radius 1 is 1.17 bits per heavy atom. The molecule has 4 aliphatic rings. The van der Waals surface area contributed by atoms with Gasteiger partial charge in [-0.05, 0) is 109 Å². The second-order valence-electron chi connectivity index (χ2n) is 11.3. The normalized spacial score (nSPS) is 29.9. The smallest absolute Gasteiger partial charge is 0.311 e. The van der Waals surface area contributed by atoms with Crippen LogP contribution in [0.15, 0.2) is 42.7 Å². The number of benzene rings is 1. The van der Waals surface area contributed by atoms with E-state index in [4.69, 9.17) is 0 Å². The van der Waals surface area contributed by atoms with Crippen molar-refractivity contribution in [3.63, 3.8) is 0 Å². The number of nitrogens with one attached hydrogen (secondary N) is 1. The van der Waals surface area contributed by atoms with Crippen molar-refractivity contribution in [2.75, 3.05) is 6.54 Å². The van der Waals surface area contributed by atoms with Crippen molar-refractivity contribution < 1.29 is 19.1 Å². The molecule has 1 heterocycles. The zero-order chi connectivity index (χ0) is 24.4. The van der Waals surface area contributed by atoms with Crippen LogP contribution in [0.1, 0.15) is 78.4 Å². The highest BCUT2D eigenvalue weighted by molar-refractivity contribution is 5.95. The molecule has 1 aromatic heterocycles. The summed E-state index contributed by atoms with van der Waals surface area (Å²) < 4.78 is 13.9. The van der Waals surface area contributed by atoms with Gasteiger partial charge in [-0.25, -0.2) is 4.39 Å². The minimum atomic E-state index is -0.822. The standard InChI is InChI=1S/C29H31FN2O3/c1-28-9-8-22-21-4-3-18(26(33)32-16-29(10-11-29)27(34)35)12-17(21)2-5-23(22)25(28)7-6-24(28)19-13-20(30)15-31-14-19/h3-4,6,12-15,22-23,25H,2,5,7-11,16H2,1H3,(H,32,33)(H,34,35)/t22?,23?,25?,28-/m1/s1. The van der Waals surface area contributed by atoms with E-state index in [0.29, 0.717) is 36.2 Å². The highest BCUT2D eigenvalue weighted by Gasteiger charge is 2.52. The van der Waals surface area contributed by atoms with Crippen molar-refractivity contribution in [2.24, 2.45) is 22.7 Å². The number of carboxylic acid groups (broad SMARTS) is 1. The molecule has 6 heteroatoms. The molecule has 35 heavy (non-hydrogen) atoms. The Labute approximate surface area is 204 Å². The minimum absolute atomic E-state index is 0.0386. The lowest BCUT2D eigenvalue weighted by Crippen LogP contribution is -2.41. The van der Waals surface area contributed by atoms with Gasteiger partial charge in [-0.2, -0.15) is 0 Å². The molecule has 2 N–H and O–H groups in total. The fraction of sp³-hybridized carbons (Fsp3) is 0.483. The van der Waals surface area contributed by atoms with E-state index in [0.717, 1.165) is 37.7 Å². The molecule has 6 rings (SSSR count). The van der Waals surface area contributed by atoms with Crippen LogP contribution < -0.4 is 5.32 Å². The molecule has 2 fully saturated rings. The van der Waals surface area contributed by atoms with E-state index >= 15 is 0 Å². The minimum Gasteiger partial charge on any atom is -0.481 e. The number of carboxylic acids is 1. The lowest BCUT2D eigenvalue weighted by Gasteiger charge is -2.50. The van der Waals surface area contributed by atoms with Crippen molar-refractivity contribution in [1.29, 1.82) is 0 Å². The van der Waals surface area contributed by atoms with Crippen LogP contribution in [0, 0.1) is 28.5 Å². The summed E-state index contributed by atoms with van der Waals surface area (Å²) >= 11 is 0. The highest BCUT2D eigenvalue weighted by Crippen LogP contribution is 2.63. The fourth-order valence-electron chi connectivity index (χ4n) is 7.27. The maximum absolute atomic E-state index is 13.9. The van der Waals surface area contributed by atoms with E-state index < -0.39 is 11.4 Å². The Kier molecular flexibility index (Phi) is 5.13. The third kappa shape index (κ3) is 3.60. The molecule has 0 saturated heterocycles. The Bertz CT molecular complexity index is 1250. The van der Waals surface area contributed by atoms with Gasteiger partial charge < -0.3 is 10.4 Å². The summed E-state index contributed by atoms with van der Waals surface area (Å²) in [5.74, 6) is 0.284. The number of carbonyl (C=O) groups excluding carboxylic acids is 1. The number of aryl methyl sites for hydroxylation is 1. The topological polar surface area (TPSA) is 79.3 Å². The van der Waals surface area contributed by atoms with E-state index in [9.17, 15) is 19.1 Å². The monoisotopic (exact) mass is 474 g/mol. The third-order valence-electron chi connectivity index (χ3n) is 9.48. The molecular formula is C29H31FN2O3. The van der Waals surface area contributed by atoms with Gasteiger partial charge in [-0.1, -0.05) is 19.1 Å². The number of hydrogen-bond acceptors (Lipinski definition) is 3. The van der Waals surface area contributed by atoms with Crippen molar-refractivity contribution >= 4 is 17.4 Å². The van der Waals surface area contributed by atoms with Crippen LogP contribution in [0.5, 0.6) is 0 Å². The number of rotatable bonds is 5. The first-order chi connectivity index (χ1) is 16.8. The van der Waals surface area contributed by atoms with Crippen molar-refractivity contribution in [3.05, 3.63) is 70.8 Å². The molecule has 182 valence electrons. The predicted octanol–water partition coefficient (Wildman–Crippen LogP) is 5.36. The fourth-order valence-corrected chi connectivity index (χ4v) is 7.27. The summed E-state index contributed by atoms with van der Waals surface area (Å²) in [6, 6.07) is 7.67. The van der Waals surface area contributed by atoms with Gasteiger partial charge in [0, 0.05) is 18.3 Å². The van der Waals surface area contributed by atoms with Crippen LogP contribution in [0.4, 0.5) is 4.39 Å². The largest absolute Gasteiger partial charge is 0.481 e. The summed E-state index contributed by atoms with van der Waals surface area (Å²) in [5, 5.41) is 12.2. The quantitative estimate of drug-likeness (QED) is 0.611. The second kappa shape index (κ2) is 8.00. The average molecular weight is 475 g/mol. The zero-order valence-corrected chi connectivity index (χ0v) is 20.0. The maximum atomic E-state index is 13.9. The molecule has 0 spiro atoms. The molecular weight excluding hydrogens is 443 g/mol. The number of pyridine rings is 1. The molecule has 4 atom stereocenters. The van der Waals surface area contributed by atoms with E-state index in [-0.39, 0.29) is 23.7 Å². The molecule has 2 saturated carbocycles. The Morgan fingerprint density at radius 2 is 2.00 bits per heavy atom. The van der Waals surface area contributed by atoms with Gasteiger partial charge in [0.2, 0.25) is 0 Å². The van der Waals surface area contributed by atoms with Crippen LogP contribution in [-0.2, 0) is 11.2 Å². The maximum Gasteiger partial charge on any atom is 0.311 e. The highest BCUT2D eigenvalue weighted by atomic mass is 19.1. The molecule has 0 aliphatic heterocycles. The summed E-state index contributed by atoms with van der Waals surface area (Å²) in [6.45, 7) is 2.55. The number of amides is 1. The van der Waals surface area contributed by atoms with E-state index in [1.165, 1.54) is 22.9 Å². The molecule has 0 radical (unpaired) electrons. The summed E-state index contributed by atoms with van der Waals surface area (Å²) in [5.41, 5.74) is 4.68. The van der Waals surface area contributed by atoms with Crippen LogP contribution in [0.2, 0.25) is 0 Å². The summed E-state index contributed by atoms with van der Waals surface area (Å²) in [7, 11) is 0. The van der Waals surface area contributed by atoms with E-state index in [1.807, 2.05) is 12.1 Å². The number of halogens is 1. The van der Waals surface area contributed by atoms with Crippen molar-refractivity contribution in [2.45, 2.75) is 57.8 Å². The second-order valence-corrected chi connectivity index (χ2v) is 11.3. The number of aliphatic carboxylic acids is 1. The average Bonchev–Trinajstić information content (AvgIpc) is 3.57. The van der Waals surface area contributed by atoms with Gasteiger partial charge in [0.1, 0.15) is 5.82 Å². The van der Waals surface area contributed by atoms with Crippen LogP contribution in [0.25, 0.3) is 5.57 Å². The Morgan fingerprint density at radius 3 is 2.74 bits per heavy atom. The number of allylic oxidation sites excluding steroid dienone is 2. The van der Waals surface area contributed by atoms with Gasteiger partial charge in [0.05, 0.1) is 11.6 Å². The van der Waals surface area contributed by atoms with Gasteiger partial charge >= 0.3 is 5.97 Å². The molecule has 0 bridgehead atoms. The number of fused-ring (bicyclic) bond motifs is 5. The van der Waals surface area contributed by atoms with Gasteiger partial charge in [-0.15, -0.1) is 0 Å². The van der Waals surface area contributed by atoms with Crippen LogP contribution in [-0.4, -0.2) is 28.5 Å². The first-order valence-electron chi connectivity index (χ1n) is 12.8.